The molecule has 26 heavy (non-hydrogen) atoms. The Morgan fingerprint density at radius 2 is 1.81 bits per heavy atom. The van der Waals surface area contributed by atoms with Gasteiger partial charge in [-0.25, -0.2) is 0 Å². The molecule has 0 aromatic heterocycles. The van der Waals surface area contributed by atoms with Gasteiger partial charge in [-0.05, 0) is 56.1 Å². The molecule has 2 rings (SSSR count). The summed E-state index contributed by atoms with van der Waals surface area (Å²) in [5.74, 6) is -1.59. The molecule has 0 amide bonds. The van der Waals surface area contributed by atoms with E-state index in [0.29, 0.717) is 25.4 Å². The maximum Gasteiger partial charge on any atom is 0.320 e. The minimum Gasteiger partial charge on any atom is -0.481 e. The molecule has 0 heterocycles. The van der Waals surface area contributed by atoms with E-state index in [-0.39, 0.29) is 12.3 Å². The number of nitrogens with zero attached hydrogens (tertiary/aromatic N) is 1. The molecule has 1 atom stereocenters. The van der Waals surface area contributed by atoms with Crippen molar-refractivity contribution in [3.05, 3.63) is 35.4 Å². The van der Waals surface area contributed by atoms with Crippen molar-refractivity contribution in [1.29, 1.82) is 0 Å². The van der Waals surface area contributed by atoms with Crippen LogP contribution in [0.15, 0.2) is 29.4 Å². The highest BCUT2D eigenvalue weighted by molar-refractivity contribution is 5.98. The summed E-state index contributed by atoms with van der Waals surface area (Å²) in [4.78, 5) is 27.2. The molecule has 1 fully saturated rings. The molecule has 4 N–H and O–H groups in total. The van der Waals surface area contributed by atoms with Gasteiger partial charge in [0.2, 0.25) is 0 Å². The summed E-state index contributed by atoms with van der Waals surface area (Å²) in [5.41, 5.74) is 8.02. The van der Waals surface area contributed by atoms with Crippen molar-refractivity contribution in [1.82, 2.24) is 0 Å². The first-order valence-corrected chi connectivity index (χ1v) is 8.84. The van der Waals surface area contributed by atoms with Gasteiger partial charge in [-0.3, -0.25) is 9.59 Å². The summed E-state index contributed by atoms with van der Waals surface area (Å²) < 4.78 is 0. The monoisotopic (exact) mass is 362 g/mol. The zero-order valence-corrected chi connectivity index (χ0v) is 14.9. The summed E-state index contributed by atoms with van der Waals surface area (Å²) in [6.45, 7) is 2.34. The van der Waals surface area contributed by atoms with Crippen molar-refractivity contribution in [2.75, 3.05) is 6.61 Å². The fourth-order valence-electron chi connectivity index (χ4n) is 3.09. The molecule has 0 bridgehead atoms. The van der Waals surface area contributed by atoms with Crippen LogP contribution < -0.4 is 5.73 Å². The van der Waals surface area contributed by atoms with Crippen molar-refractivity contribution < 1.29 is 24.6 Å². The highest BCUT2D eigenvalue weighted by atomic mass is 16.6. The maximum absolute atomic E-state index is 10.9. The van der Waals surface area contributed by atoms with Crippen molar-refractivity contribution >= 4 is 17.7 Å². The molecule has 0 radical (unpaired) electrons. The summed E-state index contributed by atoms with van der Waals surface area (Å²) in [6, 6.07) is 6.50. The number of nitrogens with two attached hydrogens (primary N) is 1. The van der Waals surface area contributed by atoms with Crippen LogP contribution in [0.5, 0.6) is 0 Å². The lowest BCUT2D eigenvalue weighted by molar-refractivity contribution is -0.143. The Hall–Kier alpha value is -2.41. The molecule has 1 aliphatic rings. The Kier molecular flexibility index (Phi) is 7.15. The molecule has 1 saturated carbocycles. The van der Waals surface area contributed by atoms with Gasteiger partial charge < -0.3 is 20.8 Å². The minimum absolute atomic E-state index is 0.218. The molecule has 1 aromatic carbocycles. The van der Waals surface area contributed by atoms with Crippen molar-refractivity contribution in [2.45, 2.75) is 45.1 Å². The van der Waals surface area contributed by atoms with Crippen LogP contribution in [-0.2, 0) is 20.8 Å². The number of hydrogen-bond donors (Lipinski definition) is 3. The third-order valence-electron chi connectivity index (χ3n) is 4.85. The lowest BCUT2D eigenvalue weighted by Crippen LogP contribution is -2.32. The second-order valence-electron chi connectivity index (χ2n) is 6.87. The summed E-state index contributed by atoms with van der Waals surface area (Å²) in [6.07, 6.45) is 3.38. The lowest BCUT2D eigenvalue weighted by Gasteiger charge is -2.24. The fourth-order valence-corrected chi connectivity index (χ4v) is 3.09. The Labute approximate surface area is 152 Å². The van der Waals surface area contributed by atoms with E-state index in [9.17, 15) is 9.59 Å². The van der Waals surface area contributed by atoms with Gasteiger partial charge in [0.1, 0.15) is 12.6 Å². The van der Waals surface area contributed by atoms with Gasteiger partial charge in [-0.15, -0.1) is 0 Å². The van der Waals surface area contributed by atoms with Crippen LogP contribution in [0.4, 0.5) is 0 Å². The standard InChI is InChI=1S/C19H26N2O5/c1-12(15-6-2-13(3-7-15)10-17(20)19(24)25)21-26-11-14-4-8-16(9-5-14)18(22)23/h2-3,6-7,14,16-17H,4-5,8-11,20H2,1H3,(H,22,23)(H,24,25)/b21-12+/t14?,16?,17-/m0/s1. The summed E-state index contributed by atoms with van der Waals surface area (Å²) in [5, 5.41) is 22.0. The average molecular weight is 362 g/mol. The molecule has 1 aliphatic carbocycles. The highest BCUT2D eigenvalue weighted by Gasteiger charge is 2.26. The highest BCUT2D eigenvalue weighted by Crippen LogP contribution is 2.29. The third kappa shape index (κ3) is 5.84. The quantitative estimate of drug-likeness (QED) is 0.482. The first-order valence-electron chi connectivity index (χ1n) is 8.84. The van der Waals surface area contributed by atoms with Crippen molar-refractivity contribution in [2.24, 2.45) is 22.7 Å². The van der Waals surface area contributed by atoms with Gasteiger partial charge >= 0.3 is 11.9 Å². The van der Waals surface area contributed by atoms with Gasteiger partial charge in [-0.2, -0.15) is 0 Å². The topological polar surface area (TPSA) is 122 Å². The van der Waals surface area contributed by atoms with Crippen molar-refractivity contribution in [3.63, 3.8) is 0 Å². The van der Waals surface area contributed by atoms with E-state index in [2.05, 4.69) is 5.16 Å². The van der Waals surface area contributed by atoms with E-state index in [4.69, 9.17) is 20.8 Å². The van der Waals surface area contributed by atoms with E-state index in [1.807, 2.05) is 31.2 Å². The van der Waals surface area contributed by atoms with Gasteiger partial charge in [-0.1, -0.05) is 29.4 Å². The molecule has 0 spiro atoms. The molecule has 7 heteroatoms. The Morgan fingerprint density at radius 3 is 2.35 bits per heavy atom. The number of hydrogen-bond acceptors (Lipinski definition) is 5. The smallest absolute Gasteiger partial charge is 0.320 e. The second kappa shape index (κ2) is 9.33. The van der Waals surface area contributed by atoms with E-state index in [0.717, 1.165) is 29.7 Å². The van der Waals surface area contributed by atoms with Crippen LogP contribution in [0.3, 0.4) is 0 Å². The SMILES string of the molecule is C/C(=N\OCC1CCC(C(=O)O)CC1)c1ccc(C[C@H](N)C(=O)O)cc1. The normalized spacial score (nSPS) is 21.8. The van der Waals surface area contributed by atoms with Crippen molar-refractivity contribution in [3.8, 4) is 0 Å². The van der Waals surface area contributed by atoms with Gasteiger partial charge in [0.25, 0.3) is 0 Å². The number of carboxylic acid groups (broad SMARTS) is 2. The molecular formula is C19H26N2O5. The zero-order chi connectivity index (χ0) is 19.1. The molecule has 0 unspecified atom stereocenters. The van der Waals surface area contributed by atoms with Crippen LogP contribution in [0.25, 0.3) is 0 Å². The Balaban J connectivity index is 1.80. The first-order chi connectivity index (χ1) is 12.4. The lowest BCUT2D eigenvalue weighted by atomic mass is 9.82. The largest absolute Gasteiger partial charge is 0.481 e. The van der Waals surface area contributed by atoms with E-state index >= 15 is 0 Å². The molecule has 142 valence electrons. The Bertz CT molecular complexity index is 648. The fraction of sp³-hybridized carbons (Fsp3) is 0.526. The summed E-state index contributed by atoms with van der Waals surface area (Å²) >= 11 is 0. The van der Waals surface area contributed by atoms with Gasteiger partial charge in [0.05, 0.1) is 11.6 Å². The predicted molar refractivity (Wildman–Crippen MR) is 97.0 cm³/mol. The third-order valence-corrected chi connectivity index (χ3v) is 4.85. The van der Waals surface area contributed by atoms with Crippen LogP contribution in [0, 0.1) is 11.8 Å². The number of benzene rings is 1. The van der Waals surface area contributed by atoms with E-state index in [1.165, 1.54) is 0 Å². The minimum atomic E-state index is -1.02. The number of rotatable bonds is 8. The number of carbonyl (C=O) groups is 2. The van der Waals surface area contributed by atoms with E-state index < -0.39 is 18.0 Å². The first kappa shape index (κ1) is 19.9. The number of oxime groups is 1. The van der Waals surface area contributed by atoms with Gasteiger partial charge in [0, 0.05) is 0 Å². The second-order valence-corrected chi connectivity index (χ2v) is 6.87. The van der Waals surface area contributed by atoms with Crippen LogP contribution >= 0.6 is 0 Å². The zero-order valence-electron chi connectivity index (χ0n) is 14.9. The van der Waals surface area contributed by atoms with Crippen LogP contribution in [-0.4, -0.2) is 40.5 Å². The molecule has 0 aliphatic heterocycles. The number of aliphatic carboxylic acids is 2. The van der Waals surface area contributed by atoms with Crippen LogP contribution in [0.1, 0.15) is 43.7 Å². The molecular weight excluding hydrogens is 336 g/mol. The maximum atomic E-state index is 10.9. The summed E-state index contributed by atoms with van der Waals surface area (Å²) in [7, 11) is 0. The molecule has 1 aromatic rings. The predicted octanol–water partition coefficient (Wildman–Crippen LogP) is 2.27. The van der Waals surface area contributed by atoms with Crippen LogP contribution in [0.2, 0.25) is 0 Å². The number of carboxylic acids is 2. The van der Waals surface area contributed by atoms with E-state index in [1.54, 1.807) is 0 Å². The van der Waals surface area contributed by atoms with Gasteiger partial charge in [0.15, 0.2) is 0 Å². The average Bonchev–Trinajstić information content (AvgIpc) is 2.62. The molecule has 7 nitrogen and oxygen atoms in total. The molecule has 0 saturated heterocycles. The Morgan fingerprint density at radius 1 is 1.19 bits per heavy atom.